The quantitative estimate of drug-likeness (QED) is 0.243. The van der Waals surface area contributed by atoms with Gasteiger partial charge in [-0.2, -0.15) is 10.2 Å². The average molecular weight is 613 g/mol. The topological polar surface area (TPSA) is 117 Å². The molecule has 6 rings (SSSR count). The lowest BCUT2D eigenvalue weighted by molar-refractivity contribution is 0.0697. The van der Waals surface area contributed by atoms with Gasteiger partial charge in [-0.1, -0.05) is 12.1 Å². The number of rotatable bonds is 11. The minimum absolute atomic E-state index is 0.0116. The molecule has 2 fully saturated rings. The Balaban J connectivity index is 1.17. The van der Waals surface area contributed by atoms with Crippen LogP contribution in [0.1, 0.15) is 53.5 Å². The van der Waals surface area contributed by atoms with Gasteiger partial charge in [0.1, 0.15) is 24.1 Å². The summed E-state index contributed by atoms with van der Waals surface area (Å²) in [6.07, 6.45) is 3.01. The first kappa shape index (κ1) is 30.5. The zero-order valence-electron chi connectivity index (χ0n) is 25.5. The summed E-state index contributed by atoms with van der Waals surface area (Å²) in [4.78, 5) is 26.0. The van der Waals surface area contributed by atoms with Crippen LogP contribution in [-0.2, 0) is 24.4 Å². The third-order valence-electron chi connectivity index (χ3n) is 8.79. The molecular formula is C34H37FN6O4. The van der Waals surface area contributed by atoms with Crippen molar-refractivity contribution < 1.29 is 23.8 Å². The molecule has 0 aliphatic carbocycles. The summed E-state index contributed by atoms with van der Waals surface area (Å²) < 4.78 is 28.1. The van der Waals surface area contributed by atoms with Gasteiger partial charge in [0.15, 0.2) is 0 Å². The number of carboxylic acid groups (broad SMARTS) is 1. The van der Waals surface area contributed by atoms with Crippen molar-refractivity contribution in [3.05, 3.63) is 82.9 Å². The number of carbonyl (C=O) groups is 1. The maximum absolute atomic E-state index is 14.4. The Kier molecular flexibility index (Phi) is 8.96. The zero-order chi connectivity index (χ0) is 31.5. The number of benzene rings is 2. The van der Waals surface area contributed by atoms with Gasteiger partial charge in [0.25, 0.3) is 0 Å². The fraction of sp³-hybridized carbons (Fsp3) is 0.412. The average Bonchev–Trinajstić information content (AvgIpc) is 3.76. The van der Waals surface area contributed by atoms with Gasteiger partial charge in [0, 0.05) is 49.3 Å². The van der Waals surface area contributed by atoms with Gasteiger partial charge in [-0.15, -0.1) is 0 Å². The van der Waals surface area contributed by atoms with Gasteiger partial charge in [0.05, 0.1) is 41.4 Å². The minimum atomic E-state index is -0.951. The molecule has 0 spiro atoms. The van der Waals surface area contributed by atoms with E-state index in [2.05, 4.69) is 28.3 Å². The van der Waals surface area contributed by atoms with E-state index in [4.69, 9.17) is 24.7 Å². The van der Waals surface area contributed by atoms with Crippen LogP contribution in [0.25, 0.3) is 11.0 Å². The summed E-state index contributed by atoms with van der Waals surface area (Å²) >= 11 is 0. The molecule has 1 N–H and O–H groups in total. The molecule has 0 radical (unpaired) electrons. The van der Waals surface area contributed by atoms with Crippen LogP contribution in [-0.4, -0.2) is 69.4 Å². The third kappa shape index (κ3) is 6.77. The number of aromatic nitrogens is 3. The molecule has 4 aromatic rings. The SMILES string of the molecule is CC1CCC(CN(C)Cc2nc3ccc(C(=O)O)cc3n2CC2CCOC2)N1c1cccc(OCc2ccc(C#N)cc2F)n1. The zero-order valence-corrected chi connectivity index (χ0v) is 25.5. The molecule has 3 unspecified atom stereocenters. The third-order valence-corrected chi connectivity index (χ3v) is 8.79. The van der Waals surface area contributed by atoms with Crippen molar-refractivity contribution >= 4 is 22.8 Å². The summed E-state index contributed by atoms with van der Waals surface area (Å²) in [6.45, 7) is 5.77. The number of ether oxygens (including phenoxy) is 2. The van der Waals surface area contributed by atoms with E-state index in [0.717, 1.165) is 61.6 Å². The molecule has 2 aromatic heterocycles. The number of hydrogen-bond acceptors (Lipinski definition) is 8. The van der Waals surface area contributed by atoms with E-state index in [-0.39, 0.29) is 29.8 Å². The van der Waals surface area contributed by atoms with Gasteiger partial charge in [-0.3, -0.25) is 4.90 Å². The predicted molar refractivity (Wildman–Crippen MR) is 167 cm³/mol. The Morgan fingerprint density at radius 3 is 2.80 bits per heavy atom. The number of anilines is 1. The molecule has 234 valence electrons. The second kappa shape index (κ2) is 13.2. The van der Waals surface area contributed by atoms with Crippen molar-refractivity contribution in [1.82, 2.24) is 19.4 Å². The van der Waals surface area contributed by atoms with Crippen molar-refractivity contribution in [3.8, 4) is 11.9 Å². The summed E-state index contributed by atoms with van der Waals surface area (Å²) in [6, 6.07) is 17.6. The lowest BCUT2D eigenvalue weighted by Gasteiger charge is -2.32. The molecule has 10 nitrogen and oxygen atoms in total. The highest BCUT2D eigenvalue weighted by Crippen LogP contribution is 2.31. The second-order valence-electron chi connectivity index (χ2n) is 12.1. The normalized spacial score (nSPS) is 19.8. The summed E-state index contributed by atoms with van der Waals surface area (Å²) in [7, 11) is 2.09. The highest BCUT2D eigenvalue weighted by atomic mass is 19.1. The van der Waals surface area contributed by atoms with Crippen LogP contribution in [0.4, 0.5) is 10.2 Å². The Hall–Kier alpha value is -4.53. The number of pyridine rings is 1. The Morgan fingerprint density at radius 1 is 1.18 bits per heavy atom. The first-order chi connectivity index (χ1) is 21.8. The van der Waals surface area contributed by atoms with E-state index < -0.39 is 11.8 Å². The van der Waals surface area contributed by atoms with Crippen molar-refractivity contribution in [2.45, 2.75) is 58.0 Å². The molecule has 2 saturated heterocycles. The number of aromatic carboxylic acids is 1. The van der Waals surface area contributed by atoms with Crippen LogP contribution in [0, 0.1) is 23.1 Å². The Labute approximate surface area is 261 Å². The molecule has 45 heavy (non-hydrogen) atoms. The van der Waals surface area contributed by atoms with Crippen LogP contribution in [0.2, 0.25) is 0 Å². The van der Waals surface area contributed by atoms with Gasteiger partial charge >= 0.3 is 5.97 Å². The lowest BCUT2D eigenvalue weighted by Crippen LogP contribution is -2.42. The van der Waals surface area contributed by atoms with Crippen LogP contribution < -0.4 is 9.64 Å². The van der Waals surface area contributed by atoms with Crippen molar-refractivity contribution in [2.24, 2.45) is 5.92 Å². The van der Waals surface area contributed by atoms with E-state index in [9.17, 15) is 14.3 Å². The number of nitrogens with zero attached hydrogens (tertiary/aromatic N) is 6. The Morgan fingerprint density at radius 2 is 2.04 bits per heavy atom. The molecule has 11 heteroatoms. The summed E-state index contributed by atoms with van der Waals surface area (Å²) in [5, 5.41) is 18.6. The number of nitriles is 1. The number of hydrogen-bond donors (Lipinski definition) is 1. The maximum Gasteiger partial charge on any atom is 0.335 e. The van der Waals surface area contributed by atoms with Crippen molar-refractivity contribution in [3.63, 3.8) is 0 Å². The van der Waals surface area contributed by atoms with Crippen LogP contribution in [0.15, 0.2) is 54.6 Å². The summed E-state index contributed by atoms with van der Waals surface area (Å²) in [5.74, 6) is 1.06. The molecule has 0 amide bonds. The van der Waals surface area contributed by atoms with Crippen LogP contribution in [0.5, 0.6) is 5.88 Å². The van der Waals surface area contributed by atoms with Crippen molar-refractivity contribution in [1.29, 1.82) is 5.26 Å². The first-order valence-corrected chi connectivity index (χ1v) is 15.3. The molecule has 3 atom stereocenters. The number of carboxylic acids is 1. The van der Waals surface area contributed by atoms with E-state index >= 15 is 0 Å². The fourth-order valence-corrected chi connectivity index (χ4v) is 6.46. The number of fused-ring (bicyclic) bond motifs is 1. The van der Waals surface area contributed by atoms with Gasteiger partial charge in [0.2, 0.25) is 5.88 Å². The molecule has 2 aliphatic heterocycles. The minimum Gasteiger partial charge on any atom is -0.478 e. The Bertz CT molecular complexity index is 1730. The largest absolute Gasteiger partial charge is 0.478 e. The molecule has 4 heterocycles. The fourth-order valence-electron chi connectivity index (χ4n) is 6.46. The van der Waals surface area contributed by atoms with Crippen LogP contribution in [0.3, 0.4) is 0 Å². The predicted octanol–water partition coefficient (Wildman–Crippen LogP) is 5.25. The molecule has 2 aliphatic rings. The molecule has 0 bridgehead atoms. The molecular weight excluding hydrogens is 575 g/mol. The van der Waals surface area contributed by atoms with E-state index in [1.54, 1.807) is 36.4 Å². The van der Waals surface area contributed by atoms with E-state index in [1.807, 2.05) is 18.2 Å². The number of imidazole rings is 1. The van der Waals surface area contributed by atoms with Crippen molar-refractivity contribution in [2.75, 3.05) is 31.7 Å². The molecule has 2 aromatic carbocycles. The highest BCUT2D eigenvalue weighted by molar-refractivity contribution is 5.92. The second-order valence-corrected chi connectivity index (χ2v) is 12.1. The first-order valence-electron chi connectivity index (χ1n) is 15.3. The van der Waals surface area contributed by atoms with Gasteiger partial charge in [-0.25, -0.2) is 14.2 Å². The van der Waals surface area contributed by atoms with E-state index in [0.29, 0.717) is 30.5 Å². The summed E-state index contributed by atoms with van der Waals surface area (Å²) in [5.41, 5.74) is 2.51. The van der Waals surface area contributed by atoms with Crippen LogP contribution >= 0.6 is 0 Å². The van der Waals surface area contributed by atoms with E-state index in [1.165, 1.54) is 6.07 Å². The molecule has 0 saturated carbocycles. The number of halogens is 1. The monoisotopic (exact) mass is 612 g/mol. The highest BCUT2D eigenvalue weighted by Gasteiger charge is 2.33. The maximum atomic E-state index is 14.4. The standard InChI is InChI=1S/C34H37FN6O4/c1-22-6-10-27(41(22)31-4-3-5-33(38-31)45-21-26-8-7-23(16-36)14-28(26)35)18-39(2)19-32-37-29-11-9-25(34(42)43)15-30(29)40(32)17-24-12-13-44-20-24/h3-5,7-9,11,14-15,22,24,27H,6,10,12-13,17-21H2,1-2H3,(H,42,43). The van der Waals surface area contributed by atoms with Gasteiger partial charge in [-0.05, 0) is 69.6 Å². The lowest BCUT2D eigenvalue weighted by atomic mass is 10.1. The number of likely N-dealkylation sites (N-methyl/N-ethyl adjacent to an activating group) is 1. The smallest absolute Gasteiger partial charge is 0.335 e. The van der Waals surface area contributed by atoms with Gasteiger partial charge < -0.3 is 24.0 Å².